The first kappa shape index (κ1) is 42.7. The number of benzene rings is 2. The van der Waals surface area contributed by atoms with Gasteiger partial charge in [-0.2, -0.15) is 0 Å². The highest BCUT2D eigenvalue weighted by Crippen LogP contribution is 2.33. The normalized spacial score (nSPS) is 29.4. The van der Waals surface area contributed by atoms with E-state index in [1.165, 1.54) is 4.90 Å². The van der Waals surface area contributed by atoms with Crippen LogP contribution in [0.1, 0.15) is 70.4 Å². The van der Waals surface area contributed by atoms with Crippen molar-refractivity contribution in [2.24, 2.45) is 5.92 Å². The molecule has 0 radical (unpaired) electrons. The fourth-order valence-electron chi connectivity index (χ4n) is 9.13. The number of hydrogen-bond donors (Lipinski definition) is 5. The van der Waals surface area contributed by atoms with Crippen LogP contribution >= 0.6 is 0 Å². The lowest BCUT2D eigenvalue weighted by atomic mass is 9.98. The van der Waals surface area contributed by atoms with E-state index in [0.29, 0.717) is 69.0 Å². The Hall–Kier alpha value is -5.42. The summed E-state index contributed by atoms with van der Waals surface area (Å²) in [6.07, 6.45) is 0.435. The van der Waals surface area contributed by atoms with Gasteiger partial charge in [-0.25, -0.2) is 9.59 Å². The Morgan fingerprint density at radius 3 is 2.43 bits per heavy atom. The minimum Gasteiger partial charge on any atom is -0.486 e. The molecule has 4 saturated heterocycles. The Morgan fingerprint density at radius 2 is 1.65 bits per heavy atom. The van der Waals surface area contributed by atoms with Crippen LogP contribution in [0.3, 0.4) is 0 Å². The average molecular weight is 832 g/mol. The van der Waals surface area contributed by atoms with Crippen molar-refractivity contribution in [1.29, 1.82) is 0 Å². The molecule has 2 aromatic carbocycles. The third-order valence-corrected chi connectivity index (χ3v) is 12.2. The lowest BCUT2D eigenvalue weighted by molar-refractivity contribution is -0.165. The number of ether oxygens (including phenoxy) is 3. The van der Waals surface area contributed by atoms with E-state index < -0.39 is 78.3 Å². The van der Waals surface area contributed by atoms with Gasteiger partial charge in [0.15, 0.2) is 11.5 Å². The van der Waals surface area contributed by atoms with Crippen molar-refractivity contribution >= 4 is 41.3 Å². The molecular weight excluding hydrogens is 775 g/mol. The number of carbonyl (C=O) groups excluding carboxylic acids is 6. The fourth-order valence-corrected chi connectivity index (χ4v) is 9.13. The maximum absolute atomic E-state index is 14.6. The lowest BCUT2D eigenvalue weighted by Gasteiger charge is -2.41. The van der Waals surface area contributed by atoms with Gasteiger partial charge < -0.3 is 50.4 Å². The molecule has 0 aromatic heterocycles. The lowest BCUT2D eigenvalue weighted by Crippen LogP contribution is -2.64. The topological polar surface area (TPSA) is 208 Å². The number of nitrogens with zero attached hydrogens (tertiary/aromatic N) is 3. The molecule has 60 heavy (non-hydrogen) atoms. The van der Waals surface area contributed by atoms with Gasteiger partial charge in [-0.3, -0.25) is 24.1 Å². The summed E-state index contributed by atoms with van der Waals surface area (Å²) in [5, 5.41) is 23.6. The Balaban J connectivity index is 1.19. The Morgan fingerprint density at radius 1 is 0.883 bits per heavy atom. The zero-order valence-electron chi connectivity index (χ0n) is 34.7. The summed E-state index contributed by atoms with van der Waals surface area (Å²) in [6, 6.07) is 5.70. The van der Waals surface area contributed by atoms with E-state index >= 15 is 0 Å². The van der Waals surface area contributed by atoms with Crippen LogP contribution in [0, 0.1) is 12.8 Å². The van der Waals surface area contributed by atoms with Crippen LogP contribution in [0.4, 0.5) is 10.5 Å². The van der Waals surface area contributed by atoms with Crippen molar-refractivity contribution in [3.05, 3.63) is 53.6 Å². The zero-order valence-corrected chi connectivity index (χ0v) is 34.7. The summed E-state index contributed by atoms with van der Waals surface area (Å²) in [5.74, 6) is -1.67. The smallest absolute Gasteiger partial charge is 0.329 e. The maximum atomic E-state index is 14.6. The predicted molar refractivity (Wildman–Crippen MR) is 218 cm³/mol. The van der Waals surface area contributed by atoms with Gasteiger partial charge in [0.05, 0.1) is 6.04 Å². The largest absolute Gasteiger partial charge is 0.486 e. The molecule has 9 atom stereocenters. The summed E-state index contributed by atoms with van der Waals surface area (Å²) in [5.41, 5.74) is 2.11. The molecule has 17 nitrogen and oxygen atoms in total. The molecule has 324 valence electrons. The van der Waals surface area contributed by atoms with E-state index in [1.54, 1.807) is 41.8 Å². The Labute approximate surface area is 349 Å². The number of piperidine rings is 1. The highest BCUT2D eigenvalue weighted by Gasteiger charge is 2.47. The van der Waals surface area contributed by atoms with E-state index in [9.17, 15) is 33.9 Å². The number of esters is 1. The van der Waals surface area contributed by atoms with Gasteiger partial charge in [0.25, 0.3) is 0 Å². The number of aryl methyl sites for hydroxylation is 1. The van der Waals surface area contributed by atoms with E-state index in [0.717, 1.165) is 17.5 Å². The number of hydrogen-bond acceptors (Lipinski definition) is 11. The monoisotopic (exact) mass is 831 g/mol. The molecule has 1 unspecified atom stereocenters. The average Bonchev–Trinajstić information content (AvgIpc) is 3.88. The third kappa shape index (κ3) is 9.46. The molecule has 5 aliphatic rings. The molecule has 7 rings (SSSR count). The molecule has 5 aliphatic heterocycles. The Bertz CT molecular complexity index is 1960. The number of nitrogens with one attached hydrogen (secondary N) is 4. The highest BCUT2D eigenvalue weighted by atomic mass is 16.6. The van der Waals surface area contributed by atoms with Crippen LogP contribution in [-0.2, 0) is 35.1 Å². The van der Waals surface area contributed by atoms with Crippen molar-refractivity contribution in [3.8, 4) is 11.5 Å². The van der Waals surface area contributed by atoms with Crippen LogP contribution in [0.15, 0.2) is 42.5 Å². The van der Waals surface area contributed by atoms with Crippen molar-refractivity contribution in [2.75, 3.05) is 38.2 Å². The highest BCUT2D eigenvalue weighted by molar-refractivity contribution is 5.95. The van der Waals surface area contributed by atoms with Crippen molar-refractivity contribution in [3.63, 3.8) is 0 Å². The summed E-state index contributed by atoms with van der Waals surface area (Å²) in [7, 11) is 0. The van der Waals surface area contributed by atoms with Gasteiger partial charge in [0.2, 0.25) is 23.6 Å². The molecule has 5 heterocycles. The number of carbonyl (C=O) groups is 6. The van der Waals surface area contributed by atoms with Crippen LogP contribution in [0.25, 0.3) is 0 Å². The van der Waals surface area contributed by atoms with Gasteiger partial charge in [-0.05, 0) is 82.9 Å². The second-order valence-corrected chi connectivity index (χ2v) is 16.8. The molecule has 4 fully saturated rings. The number of amides is 6. The molecule has 0 aliphatic carbocycles. The molecular formula is C43H57N7O10. The minimum absolute atomic E-state index is 0.0496. The standard InChI is InChI=1S/C43H57N7O10/c1-24-9-7-10-28(19-24)21-30(46-43(57)45-29-13-14-34-35(22-29)59-18-17-58-34)37(51)47-36-27(4)60-42(56)33-20-25(2)23-50(33)39(53)26(3)44-38(52)31-11-5-6-15-48(31)40(54)32-12-8-16-49(32)41(36)55/h7,9-10,13-14,19,22,25-27,30-33,36,41,55H,5-6,8,11-12,15-18,20-21,23H2,1-4H3,(H,44,52)(H,47,51)(H2,45,46,57)/t25-,26+,27+,30+,31+,32+,33+,36+,41?/m1/s1. The second kappa shape index (κ2) is 18.5. The summed E-state index contributed by atoms with van der Waals surface area (Å²) in [6.45, 7) is 8.61. The quantitative estimate of drug-likeness (QED) is 0.266. The van der Waals surface area contributed by atoms with Crippen molar-refractivity contribution in [2.45, 2.75) is 121 Å². The number of urea groups is 1. The molecule has 0 bridgehead atoms. The fraction of sp³-hybridized carbons (Fsp3) is 0.581. The van der Waals surface area contributed by atoms with Crippen LogP contribution < -0.4 is 30.7 Å². The number of aliphatic hydroxyl groups excluding tert-OH is 1. The van der Waals surface area contributed by atoms with Gasteiger partial charge in [-0.15, -0.1) is 0 Å². The third-order valence-electron chi connectivity index (χ3n) is 12.2. The number of fused-ring (bicyclic) bond motifs is 4. The maximum Gasteiger partial charge on any atom is 0.329 e. The first-order valence-corrected chi connectivity index (χ1v) is 21.2. The second-order valence-electron chi connectivity index (χ2n) is 16.8. The van der Waals surface area contributed by atoms with E-state index in [1.807, 2.05) is 38.1 Å². The predicted octanol–water partition coefficient (Wildman–Crippen LogP) is 1.83. The summed E-state index contributed by atoms with van der Waals surface area (Å²) in [4.78, 5) is 88.8. The zero-order chi connectivity index (χ0) is 42.7. The van der Waals surface area contributed by atoms with Crippen LogP contribution in [0.5, 0.6) is 11.5 Å². The molecule has 17 heteroatoms. The summed E-state index contributed by atoms with van der Waals surface area (Å²) >= 11 is 0. The molecule has 0 spiro atoms. The molecule has 2 aromatic rings. The van der Waals surface area contributed by atoms with Gasteiger partial charge >= 0.3 is 12.0 Å². The first-order valence-electron chi connectivity index (χ1n) is 21.2. The minimum atomic E-state index is -1.54. The van der Waals surface area contributed by atoms with Crippen LogP contribution in [-0.4, -0.2) is 137 Å². The van der Waals surface area contributed by atoms with Gasteiger partial charge in [-0.1, -0.05) is 36.8 Å². The van der Waals surface area contributed by atoms with Crippen LogP contribution in [0.2, 0.25) is 0 Å². The van der Waals surface area contributed by atoms with E-state index in [4.69, 9.17) is 14.2 Å². The summed E-state index contributed by atoms with van der Waals surface area (Å²) < 4.78 is 17.3. The first-order chi connectivity index (χ1) is 28.8. The van der Waals surface area contributed by atoms with Crippen molar-refractivity contribution < 1.29 is 48.1 Å². The van der Waals surface area contributed by atoms with Gasteiger partial charge in [0, 0.05) is 37.8 Å². The van der Waals surface area contributed by atoms with E-state index in [-0.39, 0.29) is 31.3 Å². The number of aliphatic hydroxyl groups is 1. The number of cyclic esters (lactones) is 1. The molecule has 0 saturated carbocycles. The van der Waals surface area contributed by atoms with Gasteiger partial charge in [0.1, 0.15) is 55.8 Å². The molecule has 5 N–H and O–H groups in total. The molecule has 6 amide bonds. The van der Waals surface area contributed by atoms with E-state index in [2.05, 4.69) is 21.3 Å². The Kier molecular flexibility index (Phi) is 13.1. The number of anilines is 1. The number of rotatable bonds is 6. The SMILES string of the molecule is Cc1cccc(C[C@H](NC(=O)Nc2ccc3c(c2)OCCO3)C(=O)N[C@@H]2C(O)N3CCC[C@H]3C(=O)N3CCCC[C@H]3C(=O)N[C@@H](C)C(=O)N3C[C@H](C)C[C@H]3C(=O)O[C@H]2C)c1. The van der Waals surface area contributed by atoms with Crippen molar-refractivity contribution in [1.82, 2.24) is 30.7 Å².